The quantitative estimate of drug-likeness (QED) is 0.873. The van der Waals surface area contributed by atoms with Crippen LogP contribution in [-0.2, 0) is 6.42 Å². The molecule has 0 aliphatic heterocycles. The number of halogens is 2. The molecular weight excluding hydrogens is 295 g/mol. The minimum atomic E-state index is -0.804. The lowest BCUT2D eigenvalue weighted by atomic mass is 9.75. The van der Waals surface area contributed by atoms with Crippen molar-refractivity contribution in [1.29, 1.82) is 0 Å². The third-order valence-corrected chi connectivity index (χ3v) is 4.53. The summed E-state index contributed by atoms with van der Waals surface area (Å²) >= 11 is 3.35. The van der Waals surface area contributed by atoms with E-state index < -0.39 is 5.60 Å². The molecule has 100 valence electrons. The Hall–Kier alpha value is -0.410. The maximum atomic E-state index is 13.7. The van der Waals surface area contributed by atoms with Crippen LogP contribution in [0, 0.1) is 11.7 Å². The standard InChI is InChI=1S/C15H20BrFO/c1-15(18,12-5-3-2-4-6-12)10-11-9-13(16)7-8-14(11)17/h7-9,12,18H,2-6,10H2,1H3. The first-order valence-electron chi connectivity index (χ1n) is 6.65. The summed E-state index contributed by atoms with van der Waals surface area (Å²) in [6, 6.07) is 4.91. The Morgan fingerprint density at radius 2 is 2.00 bits per heavy atom. The molecule has 1 aromatic rings. The van der Waals surface area contributed by atoms with Crippen molar-refractivity contribution in [3.05, 3.63) is 34.1 Å². The summed E-state index contributed by atoms with van der Waals surface area (Å²) in [6.45, 7) is 1.85. The van der Waals surface area contributed by atoms with Gasteiger partial charge in [0.1, 0.15) is 5.82 Å². The molecule has 1 N–H and O–H groups in total. The molecule has 0 radical (unpaired) electrons. The van der Waals surface area contributed by atoms with E-state index >= 15 is 0 Å². The van der Waals surface area contributed by atoms with Crippen LogP contribution in [0.2, 0.25) is 0 Å². The summed E-state index contributed by atoms with van der Waals surface area (Å²) in [5, 5.41) is 10.6. The maximum Gasteiger partial charge on any atom is 0.126 e. The van der Waals surface area contributed by atoms with Crippen molar-refractivity contribution in [2.75, 3.05) is 0 Å². The zero-order chi connectivity index (χ0) is 13.2. The highest BCUT2D eigenvalue weighted by molar-refractivity contribution is 9.10. The molecule has 1 nitrogen and oxygen atoms in total. The molecule has 1 aliphatic carbocycles. The first kappa shape index (κ1) is 14.0. The van der Waals surface area contributed by atoms with Gasteiger partial charge in [0.05, 0.1) is 5.60 Å². The van der Waals surface area contributed by atoms with Gasteiger partial charge in [0.25, 0.3) is 0 Å². The van der Waals surface area contributed by atoms with Gasteiger partial charge in [-0.25, -0.2) is 4.39 Å². The van der Waals surface area contributed by atoms with E-state index in [1.807, 2.05) is 6.92 Å². The van der Waals surface area contributed by atoms with E-state index in [0.29, 0.717) is 17.9 Å². The SMILES string of the molecule is CC(O)(Cc1cc(Br)ccc1F)C1CCCCC1. The van der Waals surface area contributed by atoms with Crippen molar-refractivity contribution in [3.8, 4) is 0 Å². The van der Waals surface area contributed by atoms with E-state index in [-0.39, 0.29) is 5.82 Å². The predicted octanol–water partition coefficient (Wildman–Crippen LogP) is 4.46. The van der Waals surface area contributed by atoms with Crippen LogP contribution in [0.25, 0.3) is 0 Å². The highest BCUT2D eigenvalue weighted by Gasteiger charge is 2.33. The van der Waals surface area contributed by atoms with E-state index in [4.69, 9.17) is 0 Å². The van der Waals surface area contributed by atoms with Crippen LogP contribution in [0.3, 0.4) is 0 Å². The fourth-order valence-corrected chi connectivity index (χ4v) is 3.34. The monoisotopic (exact) mass is 314 g/mol. The second-order valence-electron chi connectivity index (χ2n) is 5.60. The molecule has 1 aromatic carbocycles. The Kier molecular flexibility index (Phi) is 4.44. The predicted molar refractivity (Wildman–Crippen MR) is 75.0 cm³/mol. The molecule has 0 bridgehead atoms. The van der Waals surface area contributed by atoms with Gasteiger partial charge in [0.2, 0.25) is 0 Å². The summed E-state index contributed by atoms with van der Waals surface area (Å²) in [7, 11) is 0. The van der Waals surface area contributed by atoms with Gasteiger partial charge in [-0.2, -0.15) is 0 Å². The van der Waals surface area contributed by atoms with Crippen molar-refractivity contribution in [2.24, 2.45) is 5.92 Å². The Balaban J connectivity index is 2.13. The summed E-state index contributed by atoms with van der Waals surface area (Å²) in [4.78, 5) is 0. The molecule has 0 aromatic heterocycles. The van der Waals surface area contributed by atoms with E-state index in [0.717, 1.165) is 17.3 Å². The molecule has 0 heterocycles. The van der Waals surface area contributed by atoms with Gasteiger partial charge in [-0.1, -0.05) is 35.2 Å². The van der Waals surface area contributed by atoms with Crippen molar-refractivity contribution >= 4 is 15.9 Å². The van der Waals surface area contributed by atoms with E-state index in [1.54, 1.807) is 12.1 Å². The summed E-state index contributed by atoms with van der Waals surface area (Å²) in [5.74, 6) is 0.0684. The van der Waals surface area contributed by atoms with Crippen LogP contribution < -0.4 is 0 Å². The molecule has 1 aliphatic rings. The van der Waals surface area contributed by atoms with E-state index in [1.165, 1.54) is 25.3 Å². The lowest BCUT2D eigenvalue weighted by molar-refractivity contribution is -0.0165. The van der Waals surface area contributed by atoms with Gasteiger partial charge in [-0.15, -0.1) is 0 Å². The maximum absolute atomic E-state index is 13.7. The van der Waals surface area contributed by atoms with Crippen molar-refractivity contribution in [1.82, 2.24) is 0 Å². The molecule has 1 fully saturated rings. The first-order valence-corrected chi connectivity index (χ1v) is 7.44. The Bertz CT molecular complexity index is 411. The van der Waals surface area contributed by atoms with Gasteiger partial charge >= 0.3 is 0 Å². The number of rotatable bonds is 3. The molecule has 0 spiro atoms. The minimum absolute atomic E-state index is 0.228. The summed E-state index contributed by atoms with van der Waals surface area (Å²) in [6.07, 6.45) is 6.13. The molecule has 1 atom stereocenters. The van der Waals surface area contributed by atoms with Crippen LogP contribution in [0.4, 0.5) is 4.39 Å². The van der Waals surface area contributed by atoms with Crippen LogP contribution in [0.15, 0.2) is 22.7 Å². The fourth-order valence-electron chi connectivity index (χ4n) is 2.93. The first-order chi connectivity index (χ1) is 8.49. The molecule has 1 unspecified atom stereocenters. The average Bonchev–Trinajstić information content (AvgIpc) is 2.35. The minimum Gasteiger partial charge on any atom is -0.390 e. The number of aliphatic hydroxyl groups is 1. The Morgan fingerprint density at radius 1 is 1.33 bits per heavy atom. The molecule has 0 saturated heterocycles. The number of hydrogen-bond acceptors (Lipinski definition) is 1. The molecule has 18 heavy (non-hydrogen) atoms. The fraction of sp³-hybridized carbons (Fsp3) is 0.600. The van der Waals surface area contributed by atoms with Crippen LogP contribution in [0.1, 0.15) is 44.6 Å². The van der Waals surface area contributed by atoms with Gasteiger partial charge in [0, 0.05) is 10.9 Å². The summed E-state index contributed by atoms with van der Waals surface area (Å²) in [5.41, 5.74) is -0.206. The lowest BCUT2D eigenvalue weighted by Crippen LogP contribution is -2.38. The van der Waals surface area contributed by atoms with Crippen molar-refractivity contribution in [3.63, 3.8) is 0 Å². The van der Waals surface area contributed by atoms with Gasteiger partial charge in [-0.05, 0) is 49.4 Å². The largest absolute Gasteiger partial charge is 0.390 e. The number of hydrogen-bond donors (Lipinski definition) is 1. The van der Waals surface area contributed by atoms with E-state index in [9.17, 15) is 9.50 Å². The third kappa shape index (κ3) is 3.33. The third-order valence-electron chi connectivity index (χ3n) is 4.04. The smallest absolute Gasteiger partial charge is 0.126 e. The lowest BCUT2D eigenvalue weighted by Gasteiger charge is -2.35. The average molecular weight is 315 g/mol. The molecule has 1 saturated carbocycles. The zero-order valence-corrected chi connectivity index (χ0v) is 12.3. The highest BCUT2D eigenvalue weighted by atomic mass is 79.9. The zero-order valence-electron chi connectivity index (χ0n) is 10.8. The normalized spacial score (nSPS) is 20.7. The van der Waals surface area contributed by atoms with Crippen molar-refractivity contribution in [2.45, 2.75) is 51.0 Å². The topological polar surface area (TPSA) is 20.2 Å². The van der Waals surface area contributed by atoms with Crippen molar-refractivity contribution < 1.29 is 9.50 Å². The Labute approximate surface area is 117 Å². The van der Waals surface area contributed by atoms with Gasteiger partial charge in [0.15, 0.2) is 0 Å². The van der Waals surface area contributed by atoms with Crippen LogP contribution >= 0.6 is 15.9 Å². The molecule has 0 amide bonds. The van der Waals surface area contributed by atoms with Crippen LogP contribution in [-0.4, -0.2) is 10.7 Å². The van der Waals surface area contributed by atoms with E-state index in [2.05, 4.69) is 15.9 Å². The summed E-state index contributed by atoms with van der Waals surface area (Å²) < 4.78 is 14.6. The molecule has 3 heteroatoms. The number of benzene rings is 1. The highest BCUT2D eigenvalue weighted by Crippen LogP contribution is 2.35. The second-order valence-corrected chi connectivity index (χ2v) is 6.52. The van der Waals surface area contributed by atoms with Gasteiger partial charge < -0.3 is 5.11 Å². The second kappa shape index (κ2) is 5.70. The van der Waals surface area contributed by atoms with Crippen LogP contribution in [0.5, 0.6) is 0 Å². The molecular formula is C15H20BrFO. The molecule has 2 rings (SSSR count). The van der Waals surface area contributed by atoms with Gasteiger partial charge in [-0.3, -0.25) is 0 Å². The Morgan fingerprint density at radius 3 is 2.67 bits per heavy atom.